The lowest BCUT2D eigenvalue weighted by molar-refractivity contribution is -0.122. The molecule has 0 spiro atoms. The van der Waals surface area contributed by atoms with Gasteiger partial charge in [0.1, 0.15) is 0 Å². The van der Waals surface area contributed by atoms with Crippen LogP contribution in [0.1, 0.15) is 54.3 Å². The number of nitrogens with one attached hydrogen (secondary N) is 1. The van der Waals surface area contributed by atoms with E-state index in [0.29, 0.717) is 0 Å². The fourth-order valence-electron chi connectivity index (χ4n) is 2.99. The van der Waals surface area contributed by atoms with Crippen LogP contribution in [0.15, 0.2) is 54.6 Å². The van der Waals surface area contributed by atoms with E-state index in [1.54, 1.807) is 0 Å². The van der Waals surface area contributed by atoms with Crippen molar-refractivity contribution < 1.29 is 4.79 Å². The maximum absolute atomic E-state index is 12.2. The zero-order valence-electron chi connectivity index (χ0n) is 12.7. The molecule has 1 atom stereocenters. The van der Waals surface area contributed by atoms with Crippen molar-refractivity contribution in [3.8, 4) is 0 Å². The average Bonchev–Trinajstić information content (AvgIpc) is 3.45. The quantitative estimate of drug-likeness (QED) is 0.879. The number of benzene rings is 2. The predicted molar refractivity (Wildman–Crippen MR) is 87.6 cm³/mol. The first-order valence-electron chi connectivity index (χ1n) is 8.26. The summed E-state index contributed by atoms with van der Waals surface area (Å²) in [6.45, 7) is 0. The van der Waals surface area contributed by atoms with E-state index in [1.807, 2.05) is 18.2 Å². The van der Waals surface area contributed by atoms with Crippen LogP contribution in [0.25, 0.3) is 0 Å². The van der Waals surface area contributed by atoms with Gasteiger partial charge in [0.2, 0.25) is 5.91 Å². The molecule has 0 bridgehead atoms. The number of hydrogen-bond acceptors (Lipinski definition) is 1. The summed E-state index contributed by atoms with van der Waals surface area (Å²) in [4.78, 5) is 12.2. The highest BCUT2D eigenvalue weighted by Gasteiger charge is 2.31. The van der Waals surface area contributed by atoms with Crippen molar-refractivity contribution in [2.24, 2.45) is 5.92 Å². The van der Waals surface area contributed by atoms with Gasteiger partial charge in [-0.3, -0.25) is 4.79 Å². The molecule has 0 aliphatic heterocycles. The summed E-state index contributed by atoms with van der Waals surface area (Å²) < 4.78 is 0. The summed E-state index contributed by atoms with van der Waals surface area (Å²) in [6, 6.07) is 19.0. The molecule has 0 radical (unpaired) electrons. The van der Waals surface area contributed by atoms with Gasteiger partial charge in [0.25, 0.3) is 0 Å². The monoisotopic (exact) mass is 291 g/mol. The van der Waals surface area contributed by atoms with Gasteiger partial charge in [0.05, 0.1) is 6.04 Å². The van der Waals surface area contributed by atoms with Crippen LogP contribution in [0.3, 0.4) is 0 Å². The van der Waals surface area contributed by atoms with Crippen molar-refractivity contribution >= 4 is 5.91 Å². The van der Waals surface area contributed by atoms with Crippen LogP contribution in [0, 0.1) is 5.92 Å². The molecule has 1 amide bonds. The Morgan fingerprint density at radius 3 is 2.09 bits per heavy atom. The Hall–Kier alpha value is -2.09. The molecule has 2 nitrogen and oxygen atoms in total. The second-order valence-corrected chi connectivity index (χ2v) is 6.57. The van der Waals surface area contributed by atoms with Gasteiger partial charge in [-0.1, -0.05) is 54.6 Å². The third-order valence-electron chi connectivity index (χ3n) is 4.69. The smallest absolute Gasteiger partial charge is 0.223 e. The topological polar surface area (TPSA) is 29.1 Å². The van der Waals surface area contributed by atoms with Gasteiger partial charge in [0, 0.05) is 5.92 Å². The summed E-state index contributed by atoms with van der Waals surface area (Å²) in [6.07, 6.45) is 4.71. The fraction of sp³-hybridized carbons (Fsp3) is 0.350. The van der Waals surface area contributed by atoms with Crippen molar-refractivity contribution in [1.82, 2.24) is 5.32 Å². The molecule has 0 heterocycles. The lowest BCUT2D eigenvalue weighted by Crippen LogP contribution is -2.30. The van der Waals surface area contributed by atoms with E-state index in [2.05, 4.69) is 41.7 Å². The van der Waals surface area contributed by atoms with Crippen LogP contribution in [0.2, 0.25) is 0 Å². The van der Waals surface area contributed by atoms with Gasteiger partial charge >= 0.3 is 0 Å². The fourth-order valence-corrected chi connectivity index (χ4v) is 2.99. The average molecular weight is 291 g/mol. The number of carbonyl (C=O) groups excluding carboxylic acids is 1. The normalized spacial score (nSPS) is 18.7. The molecule has 112 valence electrons. The third kappa shape index (κ3) is 2.92. The summed E-state index contributed by atoms with van der Waals surface area (Å²) in [5.41, 5.74) is 3.75. The number of hydrogen-bond donors (Lipinski definition) is 1. The third-order valence-corrected chi connectivity index (χ3v) is 4.69. The summed E-state index contributed by atoms with van der Waals surface area (Å²) in [5, 5.41) is 3.24. The number of rotatable bonds is 5. The van der Waals surface area contributed by atoms with Gasteiger partial charge in [-0.25, -0.2) is 0 Å². The molecule has 2 heteroatoms. The summed E-state index contributed by atoms with van der Waals surface area (Å²) >= 11 is 0. The molecular weight excluding hydrogens is 270 g/mol. The second kappa shape index (κ2) is 5.60. The molecule has 2 fully saturated rings. The molecule has 4 rings (SSSR count). The van der Waals surface area contributed by atoms with Gasteiger partial charge in [-0.15, -0.1) is 0 Å². The van der Waals surface area contributed by atoms with Crippen LogP contribution in [-0.2, 0) is 4.79 Å². The number of carbonyl (C=O) groups is 1. The molecule has 1 N–H and O–H groups in total. The highest BCUT2D eigenvalue weighted by Crippen LogP contribution is 2.40. The molecule has 2 saturated carbocycles. The zero-order chi connectivity index (χ0) is 14.9. The zero-order valence-corrected chi connectivity index (χ0v) is 12.7. The second-order valence-electron chi connectivity index (χ2n) is 6.57. The largest absolute Gasteiger partial charge is 0.345 e. The van der Waals surface area contributed by atoms with Crippen LogP contribution in [0.5, 0.6) is 0 Å². The first kappa shape index (κ1) is 13.6. The minimum Gasteiger partial charge on any atom is -0.345 e. The standard InChI is InChI=1S/C20H21NO/c22-20(18-12-13-18)21-19(16-4-2-1-3-5-16)17-10-8-15(9-11-17)14-6-7-14/h1-5,8-11,14,18-19H,6-7,12-13H2,(H,21,22). The van der Waals surface area contributed by atoms with Crippen molar-refractivity contribution in [2.45, 2.75) is 37.6 Å². The van der Waals surface area contributed by atoms with E-state index in [0.717, 1.165) is 24.3 Å². The van der Waals surface area contributed by atoms with Crippen molar-refractivity contribution in [3.63, 3.8) is 0 Å². The Morgan fingerprint density at radius 2 is 1.50 bits per heavy atom. The Labute approximate surface area is 131 Å². The maximum Gasteiger partial charge on any atom is 0.223 e. The Kier molecular flexibility index (Phi) is 3.45. The summed E-state index contributed by atoms with van der Waals surface area (Å²) in [5.74, 6) is 1.20. The lowest BCUT2D eigenvalue weighted by Gasteiger charge is -2.20. The van der Waals surface area contributed by atoms with Crippen molar-refractivity contribution in [2.75, 3.05) is 0 Å². The molecule has 2 aromatic carbocycles. The minimum atomic E-state index is -0.0393. The van der Waals surface area contributed by atoms with E-state index in [-0.39, 0.29) is 17.9 Å². The molecule has 2 aliphatic rings. The minimum absolute atomic E-state index is 0.0393. The Balaban J connectivity index is 1.61. The van der Waals surface area contributed by atoms with E-state index in [1.165, 1.54) is 24.0 Å². The van der Waals surface area contributed by atoms with Crippen LogP contribution < -0.4 is 5.32 Å². The number of amides is 1. The van der Waals surface area contributed by atoms with E-state index in [4.69, 9.17) is 0 Å². The van der Waals surface area contributed by atoms with Crippen LogP contribution in [0.4, 0.5) is 0 Å². The summed E-state index contributed by atoms with van der Waals surface area (Å²) in [7, 11) is 0. The highest BCUT2D eigenvalue weighted by molar-refractivity contribution is 5.81. The van der Waals surface area contributed by atoms with Crippen molar-refractivity contribution in [3.05, 3.63) is 71.3 Å². The molecule has 2 aromatic rings. The van der Waals surface area contributed by atoms with Crippen LogP contribution in [-0.4, -0.2) is 5.91 Å². The lowest BCUT2D eigenvalue weighted by atomic mass is 9.96. The molecule has 0 saturated heterocycles. The van der Waals surface area contributed by atoms with E-state index >= 15 is 0 Å². The van der Waals surface area contributed by atoms with Gasteiger partial charge < -0.3 is 5.32 Å². The molecular formula is C20H21NO. The first-order valence-corrected chi connectivity index (χ1v) is 8.26. The van der Waals surface area contributed by atoms with Gasteiger partial charge in [-0.05, 0) is 48.3 Å². The molecule has 1 unspecified atom stereocenters. The van der Waals surface area contributed by atoms with E-state index < -0.39 is 0 Å². The molecule has 2 aliphatic carbocycles. The first-order chi connectivity index (χ1) is 10.8. The predicted octanol–water partition coefficient (Wildman–Crippen LogP) is 4.18. The SMILES string of the molecule is O=C(NC(c1ccccc1)c1ccc(C2CC2)cc1)C1CC1. The molecule has 22 heavy (non-hydrogen) atoms. The van der Waals surface area contributed by atoms with Crippen LogP contribution >= 0.6 is 0 Å². The van der Waals surface area contributed by atoms with Gasteiger partial charge in [0.15, 0.2) is 0 Å². The van der Waals surface area contributed by atoms with Crippen molar-refractivity contribution in [1.29, 1.82) is 0 Å². The van der Waals surface area contributed by atoms with E-state index in [9.17, 15) is 4.79 Å². The molecule has 0 aromatic heterocycles. The maximum atomic E-state index is 12.2. The highest BCUT2D eigenvalue weighted by atomic mass is 16.2. The van der Waals surface area contributed by atoms with Gasteiger partial charge in [-0.2, -0.15) is 0 Å². The Bertz CT molecular complexity index is 654. The Morgan fingerprint density at radius 1 is 0.864 bits per heavy atom.